The molecule has 0 spiro atoms. The second-order valence-electron chi connectivity index (χ2n) is 6.44. The van der Waals surface area contributed by atoms with Crippen LogP contribution in [0.3, 0.4) is 0 Å². The van der Waals surface area contributed by atoms with Gasteiger partial charge in [0.2, 0.25) is 5.95 Å². The van der Waals surface area contributed by atoms with Gasteiger partial charge in [0.15, 0.2) is 5.65 Å². The molecular formula is C17H23N5OS. The molecule has 0 saturated carbocycles. The van der Waals surface area contributed by atoms with Crippen molar-refractivity contribution in [1.29, 1.82) is 0 Å². The molecule has 6 nitrogen and oxygen atoms in total. The van der Waals surface area contributed by atoms with Crippen molar-refractivity contribution >= 4 is 33.1 Å². The molecule has 0 bridgehead atoms. The van der Waals surface area contributed by atoms with Crippen molar-refractivity contribution in [3.05, 3.63) is 16.8 Å². The van der Waals surface area contributed by atoms with E-state index in [0.29, 0.717) is 0 Å². The van der Waals surface area contributed by atoms with Crippen molar-refractivity contribution in [1.82, 2.24) is 19.6 Å². The van der Waals surface area contributed by atoms with E-state index in [4.69, 9.17) is 9.72 Å². The number of rotatable bonds is 6. The molecule has 4 rings (SSSR count). The Labute approximate surface area is 145 Å². The van der Waals surface area contributed by atoms with Crippen molar-refractivity contribution in [2.45, 2.75) is 39.5 Å². The van der Waals surface area contributed by atoms with Crippen molar-refractivity contribution in [3.63, 3.8) is 0 Å². The number of hydrogen-bond acceptors (Lipinski definition) is 6. The van der Waals surface area contributed by atoms with Crippen molar-refractivity contribution in [3.8, 4) is 0 Å². The molecule has 1 atom stereocenters. The summed E-state index contributed by atoms with van der Waals surface area (Å²) in [4.78, 5) is 11.9. The topological polar surface area (TPSA) is 64.3 Å². The Balaban J connectivity index is 1.69. The number of ether oxygens (including phenoxy) is 1. The SMILES string of the molecule is CCOCCCNc1nc2sc3c(c2c2ncnn12)CC(C)CC3. The number of aryl methyl sites for hydroxylation is 1. The van der Waals surface area contributed by atoms with Gasteiger partial charge in [-0.2, -0.15) is 9.61 Å². The highest BCUT2D eigenvalue weighted by Gasteiger charge is 2.24. The molecule has 0 amide bonds. The molecule has 128 valence electrons. The minimum absolute atomic E-state index is 0.731. The Morgan fingerprint density at radius 3 is 3.25 bits per heavy atom. The molecule has 0 fully saturated rings. The lowest BCUT2D eigenvalue weighted by atomic mass is 9.89. The van der Waals surface area contributed by atoms with Crippen LogP contribution in [0.25, 0.3) is 15.9 Å². The molecule has 0 radical (unpaired) electrons. The van der Waals surface area contributed by atoms with Crippen LogP contribution in [0.15, 0.2) is 6.33 Å². The Morgan fingerprint density at radius 1 is 1.46 bits per heavy atom. The third kappa shape index (κ3) is 2.75. The lowest BCUT2D eigenvalue weighted by Crippen LogP contribution is -2.12. The molecule has 3 aromatic heterocycles. The summed E-state index contributed by atoms with van der Waals surface area (Å²) in [6, 6.07) is 0. The number of thiophene rings is 1. The van der Waals surface area contributed by atoms with Crippen molar-refractivity contribution in [2.24, 2.45) is 5.92 Å². The number of fused-ring (bicyclic) bond motifs is 5. The zero-order valence-corrected chi connectivity index (χ0v) is 15.0. The first-order chi connectivity index (χ1) is 11.8. The van der Waals surface area contributed by atoms with Gasteiger partial charge in [-0.3, -0.25) is 0 Å². The molecule has 0 aliphatic heterocycles. The van der Waals surface area contributed by atoms with Crippen LogP contribution in [0, 0.1) is 5.92 Å². The summed E-state index contributed by atoms with van der Waals surface area (Å²) < 4.78 is 7.23. The molecule has 1 aliphatic carbocycles. The maximum atomic E-state index is 5.39. The predicted molar refractivity (Wildman–Crippen MR) is 97.0 cm³/mol. The number of nitrogens with zero attached hydrogens (tertiary/aromatic N) is 4. The standard InChI is InChI=1S/C17H23N5OS/c1-3-23-8-4-7-18-17-21-16-14(15-19-10-20-22(15)17)12-9-11(2)5-6-13(12)24-16/h10-11H,3-9H2,1-2H3,(H,18,21). The summed E-state index contributed by atoms with van der Waals surface area (Å²) in [5, 5.41) is 8.98. The van der Waals surface area contributed by atoms with Gasteiger partial charge in [-0.15, -0.1) is 11.3 Å². The fourth-order valence-corrected chi connectivity index (χ4v) is 4.61. The molecule has 3 heterocycles. The summed E-state index contributed by atoms with van der Waals surface area (Å²) in [5.41, 5.74) is 2.38. The van der Waals surface area contributed by atoms with E-state index in [-0.39, 0.29) is 0 Å². The lowest BCUT2D eigenvalue weighted by molar-refractivity contribution is 0.147. The Bertz CT molecular complexity index is 856. The zero-order valence-electron chi connectivity index (χ0n) is 14.2. The van der Waals surface area contributed by atoms with Gasteiger partial charge in [0, 0.05) is 24.6 Å². The molecule has 3 aromatic rings. The third-order valence-electron chi connectivity index (χ3n) is 4.62. The third-order valence-corrected chi connectivity index (χ3v) is 5.81. The van der Waals surface area contributed by atoms with Gasteiger partial charge in [0.05, 0.1) is 5.39 Å². The van der Waals surface area contributed by atoms with Crippen molar-refractivity contribution in [2.75, 3.05) is 25.1 Å². The lowest BCUT2D eigenvalue weighted by Gasteiger charge is -2.17. The van der Waals surface area contributed by atoms with Gasteiger partial charge in [0.25, 0.3) is 0 Å². The first-order valence-electron chi connectivity index (χ1n) is 8.73. The summed E-state index contributed by atoms with van der Waals surface area (Å²) in [6.07, 6.45) is 6.13. The predicted octanol–water partition coefficient (Wildman–Crippen LogP) is 3.30. The van der Waals surface area contributed by atoms with E-state index in [1.165, 1.54) is 22.2 Å². The van der Waals surface area contributed by atoms with E-state index in [0.717, 1.165) is 61.4 Å². The molecule has 24 heavy (non-hydrogen) atoms. The highest BCUT2D eigenvalue weighted by atomic mass is 32.1. The Hall–Kier alpha value is -1.73. The number of aromatic nitrogens is 4. The van der Waals surface area contributed by atoms with Gasteiger partial charge in [-0.05, 0) is 44.1 Å². The van der Waals surface area contributed by atoms with Crippen LogP contribution in [0.4, 0.5) is 5.95 Å². The first-order valence-corrected chi connectivity index (χ1v) is 9.55. The normalized spacial score (nSPS) is 17.5. The highest BCUT2D eigenvalue weighted by Crippen LogP contribution is 2.39. The smallest absolute Gasteiger partial charge is 0.227 e. The summed E-state index contributed by atoms with van der Waals surface area (Å²) >= 11 is 1.82. The second-order valence-corrected chi connectivity index (χ2v) is 7.52. The molecule has 1 unspecified atom stereocenters. The van der Waals surface area contributed by atoms with E-state index in [1.54, 1.807) is 6.33 Å². The molecule has 1 N–H and O–H groups in total. The van der Waals surface area contributed by atoms with Crippen LogP contribution in [0.2, 0.25) is 0 Å². The largest absolute Gasteiger partial charge is 0.382 e. The maximum absolute atomic E-state index is 5.39. The van der Waals surface area contributed by atoms with Crippen LogP contribution in [-0.2, 0) is 17.6 Å². The monoisotopic (exact) mass is 345 g/mol. The van der Waals surface area contributed by atoms with Crippen LogP contribution in [0.1, 0.15) is 37.1 Å². The van der Waals surface area contributed by atoms with E-state index < -0.39 is 0 Å². The quantitative estimate of drug-likeness (QED) is 0.695. The van der Waals surface area contributed by atoms with Gasteiger partial charge in [-0.25, -0.2) is 9.97 Å². The highest BCUT2D eigenvalue weighted by molar-refractivity contribution is 7.19. The number of hydrogen-bond donors (Lipinski definition) is 1. The van der Waals surface area contributed by atoms with E-state index >= 15 is 0 Å². The van der Waals surface area contributed by atoms with Crippen LogP contribution < -0.4 is 5.32 Å². The zero-order chi connectivity index (χ0) is 16.5. The van der Waals surface area contributed by atoms with Crippen LogP contribution in [0.5, 0.6) is 0 Å². The molecular weight excluding hydrogens is 322 g/mol. The minimum atomic E-state index is 0.731. The average molecular weight is 345 g/mol. The maximum Gasteiger partial charge on any atom is 0.227 e. The van der Waals surface area contributed by atoms with E-state index in [2.05, 4.69) is 22.3 Å². The first kappa shape index (κ1) is 15.8. The van der Waals surface area contributed by atoms with Gasteiger partial charge in [-0.1, -0.05) is 6.92 Å². The summed E-state index contributed by atoms with van der Waals surface area (Å²) in [7, 11) is 0. The van der Waals surface area contributed by atoms with Gasteiger partial charge in [0.1, 0.15) is 11.2 Å². The Kier molecular flexibility index (Phi) is 4.37. The van der Waals surface area contributed by atoms with Gasteiger partial charge >= 0.3 is 0 Å². The summed E-state index contributed by atoms with van der Waals surface area (Å²) in [5.74, 6) is 1.51. The fraction of sp³-hybridized carbons (Fsp3) is 0.588. The number of anilines is 1. The Morgan fingerprint density at radius 2 is 2.38 bits per heavy atom. The molecule has 0 aromatic carbocycles. The van der Waals surface area contributed by atoms with E-state index in [9.17, 15) is 0 Å². The minimum Gasteiger partial charge on any atom is -0.382 e. The molecule has 1 aliphatic rings. The molecule has 7 heteroatoms. The van der Waals surface area contributed by atoms with Gasteiger partial charge < -0.3 is 10.1 Å². The second kappa shape index (κ2) is 6.64. The van der Waals surface area contributed by atoms with Crippen molar-refractivity contribution < 1.29 is 4.74 Å². The number of nitrogens with one attached hydrogen (secondary N) is 1. The average Bonchev–Trinajstić information content (AvgIpc) is 3.18. The molecule has 0 saturated heterocycles. The van der Waals surface area contributed by atoms with Crippen LogP contribution in [-0.4, -0.2) is 39.3 Å². The summed E-state index contributed by atoms with van der Waals surface area (Å²) in [6.45, 7) is 6.68. The fourth-order valence-electron chi connectivity index (χ4n) is 3.40. The van der Waals surface area contributed by atoms with E-state index in [1.807, 2.05) is 22.8 Å². The van der Waals surface area contributed by atoms with Crippen LogP contribution >= 0.6 is 11.3 Å².